The lowest BCUT2D eigenvalue weighted by Gasteiger charge is -2.18. The van der Waals surface area contributed by atoms with Crippen molar-refractivity contribution in [2.24, 2.45) is 5.84 Å². The molecule has 0 saturated carbocycles. The molecule has 0 fully saturated rings. The van der Waals surface area contributed by atoms with Gasteiger partial charge in [0.2, 0.25) is 5.88 Å². The maximum Gasteiger partial charge on any atom is 0.237 e. The minimum atomic E-state index is -0.0438. The first-order valence-corrected chi connectivity index (χ1v) is 6.70. The van der Waals surface area contributed by atoms with Crippen molar-refractivity contribution in [2.45, 2.75) is 31.6 Å². The first-order valence-electron chi connectivity index (χ1n) is 5.65. The van der Waals surface area contributed by atoms with E-state index >= 15 is 0 Å². The third kappa shape index (κ3) is 4.14. The van der Waals surface area contributed by atoms with Gasteiger partial charge in [0, 0.05) is 23.4 Å². The van der Waals surface area contributed by atoms with Gasteiger partial charge in [-0.2, -0.15) is 11.8 Å². The molecule has 0 saturated heterocycles. The highest BCUT2D eigenvalue weighted by Gasteiger charge is 2.18. The second-order valence-corrected chi connectivity index (χ2v) is 5.19. The highest BCUT2D eigenvalue weighted by molar-refractivity contribution is 7.99. The number of nitrogens with zero attached hydrogens (tertiary/aromatic N) is 2. The van der Waals surface area contributed by atoms with Gasteiger partial charge in [0.1, 0.15) is 5.69 Å². The number of hydrogen-bond donors (Lipinski definition) is 2. The number of rotatable bonds is 7. The predicted octanol–water partition coefficient (Wildman–Crippen LogP) is 1.52. The molecule has 0 amide bonds. The number of hydrazine groups is 1. The number of thioether (sulfide) groups is 1. The minimum Gasteiger partial charge on any atom is -0.480 e. The zero-order valence-corrected chi connectivity index (χ0v) is 11.3. The van der Waals surface area contributed by atoms with Gasteiger partial charge >= 0.3 is 0 Å². The van der Waals surface area contributed by atoms with Crippen molar-refractivity contribution in [3.05, 3.63) is 18.1 Å². The number of aromatic nitrogens is 2. The molecule has 2 unspecified atom stereocenters. The Labute approximate surface area is 107 Å². The lowest BCUT2D eigenvalue weighted by atomic mass is 10.2. The van der Waals surface area contributed by atoms with Crippen LogP contribution >= 0.6 is 11.8 Å². The van der Waals surface area contributed by atoms with E-state index < -0.39 is 0 Å². The van der Waals surface area contributed by atoms with Gasteiger partial charge in [0.15, 0.2) is 0 Å². The largest absolute Gasteiger partial charge is 0.480 e. The average Bonchev–Trinajstić information content (AvgIpc) is 2.39. The molecule has 17 heavy (non-hydrogen) atoms. The average molecular weight is 256 g/mol. The molecule has 0 aliphatic heterocycles. The van der Waals surface area contributed by atoms with Crippen LogP contribution in [0.1, 0.15) is 32.0 Å². The molecular formula is C11H20N4OS. The number of ether oxygens (including phenoxy) is 1. The maximum atomic E-state index is 5.57. The standard InChI is InChI=1S/C11H20N4OS/c1-4-8(2)17-7-9(15-12)10-11(16-3)14-6-5-13-10/h5-6,8-9,15H,4,7,12H2,1-3H3. The van der Waals surface area contributed by atoms with Crippen LogP contribution in [0.4, 0.5) is 0 Å². The molecule has 1 aromatic heterocycles. The van der Waals surface area contributed by atoms with E-state index in [0.29, 0.717) is 11.1 Å². The van der Waals surface area contributed by atoms with E-state index in [1.54, 1.807) is 19.5 Å². The Morgan fingerprint density at radius 2 is 2.18 bits per heavy atom. The van der Waals surface area contributed by atoms with Crippen molar-refractivity contribution in [1.29, 1.82) is 0 Å². The highest BCUT2D eigenvalue weighted by atomic mass is 32.2. The molecule has 2 atom stereocenters. The van der Waals surface area contributed by atoms with Crippen molar-refractivity contribution in [1.82, 2.24) is 15.4 Å². The topological polar surface area (TPSA) is 73.1 Å². The molecule has 1 rings (SSSR count). The van der Waals surface area contributed by atoms with E-state index in [0.717, 1.165) is 17.9 Å². The van der Waals surface area contributed by atoms with Crippen LogP contribution in [0, 0.1) is 0 Å². The Bertz CT molecular complexity index is 337. The Morgan fingerprint density at radius 3 is 2.76 bits per heavy atom. The third-order valence-corrected chi connectivity index (χ3v) is 3.97. The zero-order valence-electron chi connectivity index (χ0n) is 10.5. The van der Waals surface area contributed by atoms with E-state index in [1.807, 2.05) is 11.8 Å². The SMILES string of the molecule is CCC(C)SCC(NN)c1nccnc1OC. The Balaban J connectivity index is 2.72. The molecule has 1 aromatic rings. The number of nitrogens with two attached hydrogens (primary N) is 1. The van der Waals surface area contributed by atoms with Crippen LogP contribution in [-0.2, 0) is 0 Å². The highest BCUT2D eigenvalue weighted by Crippen LogP contribution is 2.25. The molecule has 6 heteroatoms. The van der Waals surface area contributed by atoms with Crippen molar-refractivity contribution in [3.63, 3.8) is 0 Å². The molecular weight excluding hydrogens is 236 g/mol. The van der Waals surface area contributed by atoms with E-state index in [2.05, 4.69) is 29.2 Å². The summed E-state index contributed by atoms with van der Waals surface area (Å²) in [5.41, 5.74) is 3.53. The summed E-state index contributed by atoms with van der Waals surface area (Å²) in [7, 11) is 1.59. The summed E-state index contributed by atoms with van der Waals surface area (Å²) in [6, 6.07) is -0.0438. The van der Waals surface area contributed by atoms with Gasteiger partial charge in [0.05, 0.1) is 13.2 Å². The molecule has 0 radical (unpaired) electrons. The summed E-state index contributed by atoms with van der Waals surface area (Å²) in [6.07, 6.45) is 4.40. The Morgan fingerprint density at radius 1 is 1.47 bits per heavy atom. The van der Waals surface area contributed by atoms with Gasteiger partial charge in [-0.25, -0.2) is 4.98 Å². The normalized spacial score (nSPS) is 14.4. The molecule has 0 bridgehead atoms. The molecule has 5 nitrogen and oxygen atoms in total. The van der Waals surface area contributed by atoms with Crippen molar-refractivity contribution >= 4 is 11.8 Å². The van der Waals surface area contributed by atoms with Crippen molar-refractivity contribution in [2.75, 3.05) is 12.9 Å². The fourth-order valence-electron chi connectivity index (χ4n) is 1.32. The van der Waals surface area contributed by atoms with Crippen molar-refractivity contribution in [3.8, 4) is 5.88 Å². The number of methoxy groups -OCH3 is 1. The van der Waals surface area contributed by atoms with Crippen LogP contribution in [0.25, 0.3) is 0 Å². The molecule has 0 aliphatic rings. The lowest BCUT2D eigenvalue weighted by molar-refractivity contribution is 0.381. The summed E-state index contributed by atoms with van der Waals surface area (Å²) in [5.74, 6) is 6.95. The Hall–Kier alpha value is -0.850. The molecule has 0 spiro atoms. The predicted molar refractivity (Wildman–Crippen MR) is 70.9 cm³/mol. The van der Waals surface area contributed by atoms with E-state index in [4.69, 9.17) is 10.6 Å². The van der Waals surface area contributed by atoms with E-state index in [-0.39, 0.29) is 6.04 Å². The zero-order chi connectivity index (χ0) is 12.7. The van der Waals surface area contributed by atoms with Gasteiger partial charge in [0.25, 0.3) is 0 Å². The van der Waals surface area contributed by atoms with Crippen molar-refractivity contribution < 1.29 is 4.74 Å². The lowest BCUT2D eigenvalue weighted by Crippen LogP contribution is -2.31. The minimum absolute atomic E-state index is 0.0438. The first kappa shape index (κ1) is 14.2. The molecule has 1 heterocycles. The first-order chi connectivity index (χ1) is 8.22. The second-order valence-electron chi connectivity index (χ2n) is 3.72. The third-order valence-electron chi connectivity index (χ3n) is 2.54. The van der Waals surface area contributed by atoms with Gasteiger partial charge < -0.3 is 4.74 Å². The Kier molecular flexibility index (Phi) is 6.25. The monoisotopic (exact) mass is 256 g/mol. The van der Waals surface area contributed by atoms with Crippen LogP contribution in [0.5, 0.6) is 5.88 Å². The van der Waals surface area contributed by atoms with Crippen LogP contribution in [0.3, 0.4) is 0 Å². The van der Waals surface area contributed by atoms with Crippen LogP contribution in [0.15, 0.2) is 12.4 Å². The van der Waals surface area contributed by atoms with Crippen LogP contribution < -0.4 is 16.0 Å². The van der Waals surface area contributed by atoms with Gasteiger partial charge in [-0.1, -0.05) is 13.8 Å². The maximum absolute atomic E-state index is 5.57. The molecule has 96 valence electrons. The fraction of sp³-hybridized carbons (Fsp3) is 0.636. The summed E-state index contributed by atoms with van der Waals surface area (Å²) in [5, 5.41) is 0.605. The summed E-state index contributed by atoms with van der Waals surface area (Å²) in [4.78, 5) is 8.40. The summed E-state index contributed by atoms with van der Waals surface area (Å²) >= 11 is 1.86. The van der Waals surface area contributed by atoms with Gasteiger partial charge in [-0.3, -0.25) is 16.3 Å². The fourth-order valence-corrected chi connectivity index (χ4v) is 2.33. The molecule has 0 aliphatic carbocycles. The second kappa shape index (κ2) is 7.47. The summed E-state index contributed by atoms with van der Waals surface area (Å²) < 4.78 is 5.18. The molecule has 0 aromatic carbocycles. The summed E-state index contributed by atoms with van der Waals surface area (Å²) in [6.45, 7) is 4.37. The van der Waals surface area contributed by atoms with Crippen LogP contribution in [0.2, 0.25) is 0 Å². The number of nitrogens with one attached hydrogen (secondary N) is 1. The quantitative estimate of drug-likeness (QED) is 0.569. The van der Waals surface area contributed by atoms with Gasteiger partial charge in [-0.15, -0.1) is 0 Å². The number of hydrogen-bond acceptors (Lipinski definition) is 6. The van der Waals surface area contributed by atoms with Crippen LogP contribution in [-0.4, -0.2) is 28.1 Å². The van der Waals surface area contributed by atoms with E-state index in [9.17, 15) is 0 Å². The van der Waals surface area contributed by atoms with Gasteiger partial charge in [-0.05, 0) is 6.42 Å². The smallest absolute Gasteiger partial charge is 0.237 e. The van der Waals surface area contributed by atoms with E-state index in [1.165, 1.54) is 0 Å². The molecule has 3 N–H and O–H groups in total.